The molecule has 5 heteroatoms. The zero-order valence-electron chi connectivity index (χ0n) is 8.28. The predicted molar refractivity (Wildman–Crippen MR) is 49.0 cm³/mol. The highest BCUT2D eigenvalue weighted by molar-refractivity contribution is 5.75. The molecular formula is C9H15NO4. The molecule has 0 radical (unpaired) electrons. The van der Waals surface area contributed by atoms with E-state index in [2.05, 4.69) is 5.32 Å². The van der Waals surface area contributed by atoms with Crippen LogP contribution in [0.3, 0.4) is 0 Å². The summed E-state index contributed by atoms with van der Waals surface area (Å²) in [5, 5.41) is 20.3. The first-order valence-corrected chi connectivity index (χ1v) is 4.53. The molecule has 1 aliphatic heterocycles. The molecule has 1 saturated heterocycles. The molecule has 0 saturated carbocycles. The predicted octanol–water partition coefficient (Wildman–Crippen LogP) is 0.302. The summed E-state index contributed by atoms with van der Waals surface area (Å²) in [5.74, 6) is -1.81. The number of carboxylic acids is 2. The van der Waals surface area contributed by atoms with Gasteiger partial charge in [0.1, 0.15) is 6.04 Å². The van der Waals surface area contributed by atoms with Gasteiger partial charge in [-0.1, -0.05) is 13.8 Å². The monoisotopic (exact) mass is 201 g/mol. The van der Waals surface area contributed by atoms with E-state index in [4.69, 9.17) is 10.2 Å². The van der Waals surface area contributed by atoms with Crippen LogP contribution in [0.1, 0.15) is 26.7 Å². The molecule has 0 bridgehead atoms. The van der Waals surface area contributed by atoms with Gasteiger partial charge < -0.3 is 15.5 Å². The first kappa shape index (κ1) is 11.0. The molecule has 3 N–H and O–H groups in total. The fraction of sp³-hybridized carbons (Fsp3) is 0.778. The van der Waals surface area contributed by atoms with Crippen LogP contribution in [0, 0.1) is 5.41 Å². The molecule has 80 valence electrons. The molecule has 0 spiro atoms. The Balaban J connectivity index is 2.68. The molecule has 1 heterocycles. The zero-order chi connectivity index (χ0) is 10.9. The standard InChI is InChI=1S/C9H15NO4/c1-9(2)4-5(8(13)14)10-6(9)3-7(11)12/h5-6,10H,3-4H2,1-2H3,(H,11,12)(H,13,14)/t5-,6+/m0/s1. The Kier molecular flexibility index (Phi) is 2.80. The summed E-state index contributed by atoms with van der Waals surface area (Å²) >= 11 is 0. The van der Waals surface area contributed by atoms with Crippen LogP contribution in [-0.4, -0.2) is 34.2 Å². The molecule has 0 unspecified atom stereocenters. The normalized spacial score (nSPS) is 30.1. The fourth-order valence-electron chi connectivity index (χ4n) is 1.86. The molecule has 0 aromatic rings. The van der Waals surface area contributed by atoms with Gasteiger partial charge in [-0.05, 0) is 11.8 Å². The van der Waals surface area contributed by atoms with Gasteiger partial charge in [-0.25, -0.2) is 0 Å². The number of hydrogen-bond acceptors (Lipinski definition) is 3. The van der Waals surface area contributed by atoms with Crippen molar-refractivity contribution in [2.24, 2.45) is 5.41 Å². The van der Waals surface area contributed by atoms with Gasteiger partial charge >= 0.3 is 11.9 Å². The first-order chi connectivity index (χ1) is 6.33. The maximum absolute atomic E-state index is 10.7. The lowest BCUT2D eigenvalue weighted by Crippen LogP contribution is -2.39. The molecule has 0 aliphatic carbocycles. The van der Waals surface area contributed by atoms with Gasteiger partial charge in [-0.15, -0.1) is 0 Å². The second-order valence-electron chi connectivity index (χ2n) is 4.40. The Morgan fingerprint density at radius 1 is 1.43 bits per heavy atom. The van der Waals surface area contributed by atoms with Gasteiger partial charge in [0.2, 0.25) is 0 Å². The van der Waals surface area contributed by atoms with Crippen molar-refractivity contribution in [2.75, 3.05) is 0 Å². The van der Waals surface area contributed by atoms with E-state index in [1.54, 1.807) is 0 Å². The molecule has 5 nitrogen and oxygen atoms in total. The van der Waals surface area contributed by atoms with Crippen LogP contribution in [0.2, 0.25) is 0 Å². The fourth-order valence-corrected chi connectivity index (χ4v) is 1.86. The number of carboxylic acid groups (broad SMARTS) is 2. The average Bonchev–Trinajstić information content (AvgIpc) is 2.26. The molecule has 14 heavy (non-hydrogen) atoms. The minimum Gasteiger partial charge on any atom is -0.481 e. The second kappa shape index (κ2) is 3.57. The zero-order valence-corrected chi connectivity index (χ0v) is 8.28. The van der Waals surface area contributed by atoms with Crippen molar-refractivity contribution in [1.29, 1.82) is 0 Å². The second-order valence-corrected chi connectivity index (χ2v) is 4.40. The summed E-state index contributed by atoms with van der Waals surface area (Å²) in [5.41, 5.74) is -0.276. The molecule has 0 aromatic carbocycles. The number of rotatable bonds is 3. The minimum atomic E-state index is -0.911. The van der Waals surface area contributed by atoms with E-state index in [0.717, 1.165) is 0 Å². The summed E-state index contributed by atoms with van der Waals surface area (Å²) in [6.45, 7) is 3.77. The highest BCUT2D eigenvalue weighted by Crippen LogP contribution is 2.35. The number of nitrogens with one attached hydrogen (secondary N) is 1. The Hall–Kier alpha value is -1.10. The molecule has 0 aromatic heterocycles. The lowest BCUT2D eigenvalue weighted by molar-refractivity contribution is -0.140. The van der Waals surface area contributed by atoms with Crippen LogP contribution in [0.4, 0.5) is 0 Å². The van der Waals surface area contributed by atoms with Crippen molar-refractivity contribution in [3.63, 3.8) is 0 Å². The van der Waals surface area contributed by atoms with Gasteiger partial charge in [0, 0.05) is 6.04 Å². The van der Waals surface area contributed by atoms with Crippen molar-refractivity contribution in [3.8, 4) is 0 Å². The largest absolute Gasteiger partial charge is 0.481 e. The summed E-state index contributed by atoms with van der Waals surface area (Å²) in [4.78, 5) is 21.2. The maximum atomic E-state index is 10.7. The van der Waals surface area contributed by atoms with Crippen molar-refractivity contribution in [3.05, 3.63) is 0 Å². The summed E-state index contributed by atoms with van der Waals surface area (Å²) in [6, 6.07) is -0.879. The van der Waals surface area contributed by atoms with Crippen LogP contribution < -0.4 is 5.32 Å². The Labute approximate surface area is 82.1 Å². The third kappa shape index (κ3) is 2.23. The Bertz CT molecular complexity index is 262. The van der Waals surface area contributed by atoms with Crippen molar-refractivity contribution in [2.45, 2.75) is 38.8 Å². The van der Waals surface area contributed by atoms with Gasteiger partial charge in [0.05, 0.1) is 6.42 Å². The lowest BCUT2D eigenvalue weighted by Gasteiger charge is -2.24. The van der Waals surface area contributed by atoms with Gasteiger partial charge in [0.15, 0.2) is 0 Å². The van der Waals surface area contributed by atoms with E-state index >= 15 is 0 Å². The molecular weight excluding hydrogens is 186 g/mol. The average molecular weight is 201 g/mol. The maximum Gasteiger partial charge on any atom is 0.320 e. The summed E-state index contributed by atoms with van der Waals surface area (Å²) < 4.78 is 0. The van der Waals surface area contributed by atoms with E-state index in [-0.39, 0.29) is 17.9 Å². The van der Waals surface area contributed by atoms with Crippen molar-refractivity contribution < 1.29 is 19.8 Å². The van der Waals surface area contributed by atoms with Crippen LogP contribution in [0.25, 0.3) is 0 Å². The van der Waals surface area contributed by atoms with Crippen LogP contribution in [-0.2, 0) is 9.59 Å². The van der Waals surface area contributed by atoms with Crippen LogP contribution >= 0.6 is 0 Å². The molecule has 0 amide bonds. The van der Waals surface area contributed by atoms with Crippen LogP contribution in [0.5, 0.6) is 0 Å². The summed E-state index contributed by atoms with van der Waals surface area (Å²) in [7, 11) is 0. The topological polar surface area (TPSA) is 86.6 Å². The van der Waals surface area contributed by atoms with Gasteiger partial charge in [-0.2, -0.15) is 0 Å². The third-order valence-corrected chi connectivity index (χ3v) is 2.75. The molecule has 1 rings (SSSR count). The van der Waals surface area contributed by atoms with E-state index < -0.39 is 18.0 Å². The van der Waals surface area contributed by atoms with Crippen molar-refractivity contribution in [1.82, 2.24) is 5.32 Å². The summed E-state index contributed by atoms with van der Waals surface area (Å²) in [6.07, 6.45) is 0.442. The third-order valence-electron chi connectivity index (χ3n) is 2.75. The van der Waals surface area contributed by atoms with E-state index in [9.17, 15) is 9.59 Å². The SMILES string of the molecule is CC1(C)C[C@@H](C(=O)O)N[C@@H]1CC(=O)O. The van der Waals surface area contributed by atoms with E-state index in [1.165, 1.54) is 0 Å². The Morgan fingerprint density at radius 2 is 2.00 bits per heavy atom. The first-order valence-electron chi connectivity index (χ1n) is 4.53. The molecule has 1 fully saturated rings. The minimum absolute atomic E-state index is 0.0310. The number of carbonyl (C=O) groups is 2. The highest BCUT2D eigenvalue weighted by atomic mass is 16.4. The van der Waals surface area contributed by atoms with Gasteiger partial charge in [0.25, 0.3) is 0 Å². The molecule has 1 aliphatic rings. The van der Waals surface area contributed by atoms with E-state index in [0.29, 0.717) is 6.42 Å². The highest BCUT2D eigenvalue weighted by Gasteiger charge is 2.43. The van der Waals surface area contributed by atoms with Gasteiger partial charge in [-0.3, -0.25) is 9.59 Å². The van der Waals surface area contributed by atoms with Crippen molar-refractivity contribution >= 4 is 11.9 Å². The van der Waals surface area contributed by atoms with Crippen LogP contribution in [0.15, 0.2) is 0 Å². The van der Waals surface area contributed by atoms with E-state index in [1.807, 2.05) is 13.8 Å². The number of aliphatic carboxylic acids is 2. The quantitative estimate of drug-likeness (QED) is 0.611. The molecule has 2 atom stereocenters. The lowest BCUT2D eigenvalue weighted by atomic mass is 9.82. The number of hydrogen-bond donors (Lipinski definition) is 3. The Morgan fingerprint density at radius 3 is 2.36 bits per heavy atom. The smallest absolute Gasteiger partial charge is 0.320 e.